The van der Waals surface area contributed by atoms with E-state index >= 15 is 0 Å². The number of para-hydroxylation sites is 1. The van der Waals surface area contributed by atoms with Crippen molar-refractivity contribution in [2.45, 2.75) is 19.5 Å². The monoisotopic (exact) mass is 405 g/mol. The van der Waals surface area contributed by atoms with Gasteiger partial charge in [0.2, 0.25) is 5.91 Å². The van der Waals surface area contributed by atoms with Gasteiger partial charge >= 0.3 is 0 Å². The van der Waals surface area contributed by atoms with E-state index in [1.807, 2.05) is 22.4 Å². The zero-order valence-electron chi connectivity index (χ0n) is 15.6. The van der Waals surface area contributed by atoms with Gasteiger partial charge in [-0.15, -0.1) is 0 Å². The maximum absolute atomic E-state index is 12.8. The Morgan fingerprint density at radius 2 is 2.14 bits per heavy atom. The predicted octanol–water partition coefficient (Wildman–Crippen LogP) is 3.26. The molecule has 0 spiro atoms. The average molecular weight is 405 g/mol. The summed E-state index contributed by atoms with van der Waals surface area (Å²) in [6.45, 7) is 1.41. The fraction of sp³-hybridized carbons (Fsp3) is 0.190. The van der Waals surface area contributed by atoms with Crippen LogP contribution in [0.15, 0.2) is 53.5 Å². The number of hydrogen-bond acceptors (Lipinski definition) is 4. The number of H-pyrrole nitrogens is 1. The van der Waals surface area contributed by atoms with Crippen molar-refractivity contribution < 1.29 is 9.59 Å². The van der Waals surface area contributed by atoms with Crippen molar-refractivity contribution in [2.24, 2.45) is 0 Å². The highest BCUT2D eigenvalue weighted by Gasteiger charge is 2.24. The molecule has 0 fully saturated rings. The largest absolute Gasteiger partial charge is 0.357 e. The van der Waals surface area contributed by atoms with Gasteiger partial charge in [-0.05, 0) is 29.5 Å². The molecule has 0 atom stereocenters. The predicted molar refractivity (Wildman–Crippen MR) is 112 cm³/mol. The third-order valence-electron chi connectivity index (χ3n) is 5.21. The number of nitrogens with one attached hydrogen (secondary N) is 2. The molecule has 0 saturated carbocycles. The van der Waals surface area contributed by atoms with E-state index < -0.39 is 0 Å². The number of aromatic nitrogens is 3. The maximum Gasteiger partial charge on any atom is 0.256 e. The molecule has 1 aliphatic rings. The van der Waals surface area contributed by atoms with E-state index in [-0.39, 0.29) is 18.4 Å². The summed E-state index contributed by atoms with van der Waals surface area (Å²) in [6, 6.07) is 10.0. The van der Waals surface area contributed by atoms with E-state index in [4.69, 9.17) is 0 Å². The van der Waals surface area contributed by atoms with Crippen LogP contribution in [0.3, 0.4) is 0 Å². The minimum atomic E-state index is -0.181. The van der Waals surface area contributed by atoms with Crippen LogP contribution in [0.4, 0.5) is 5.69 Å². The SMILES string of the molecule is O=C(Nc1cnn(CC(=O)N2CCc3c([nH]c4ccccc34)C2)c1)c1ccsc1. The first-order valence-corrected chi connectivity index (χ1v) is 10.3. The highest BCUT2D eigenvalue weighted by atomic mass is 32.1. The Morgan fingerprint density at radius 3 is 3.00 bits per heavy atom. The summed E-state index contributed by atoms with van der Waals surface area (Å²) in [7, 11) is 0. The minimum absolute atomic E-state index is 0.00752. The Morgan fingerprint density at radius 1 is 1.24 bits per heavy atom. The Kier molecular flexibility index (Phi) is 4.40. The van der Waals surface area contributed by atoms with E-state index in [9.17, 15) is 9.59 Å². The number of hydrogen-bond donors (Lipinski definition) is 2. The number of fused-ring (bicyclic) bond motifs is 3. The lowest BCUT2D eigenvalue weighted by Crippen LogP contribution is -2.38. The summed E-state index contributed by atoms with van der Waals surface area (Å²) in [5, 5.41) is 11.9. The number of thiophene rings is 1. The zero-order valence-corrected chi connectivity index (χ0v) is 16.4. The van der Waals surface area contributed by atoms with E-state index in [0.717, 1.165) is 17.6 Å². The number of aromatic amines is 1. The Balaban J connectivity index is 1.24. The molecule has 5 rings (SSSR count). The molecule has 3 aromatic heterocycles. The molecule has 7 nitrogen and oxygen atoms in total. The molecule has 0 aliphatic carbocycles. The van der Waals surface area contributed by atoms with Gasteiger partial charge in [-0.2, -0.15) is 16.4 Å². The molecular formula is C21H19N5O2S. The summed E-state index contributed by atoms with van der Waals surface area (Å²) in [4.78, 5) is 30.2. The van der Waals surface area contributed by atoms with Gasteiger partial charge in [0.05, 0.1) is 24.0 Å². The van der Waals surface area contributed by atoms with E-state index in [0.29, 0.717) is 24.3 Å². The summed E-state index contributed by atoms with van der Waals surface area (Å²) in [5.74, 6) is -0.174. The quantitative estimate of drug-likeness (QED) is 0.547. The van der Waals surface area contributed by atoms with Crippen molar-refractivity contribution in [1.29, 1.82) is 0 Å². The van der Waals surface area contributed by atoms with Gasteiger partial charge in [0.1, 0.15) is 6.54 Å². The highest BCUT2D eigenvalue weighted by molar-refractivity contribution is 7.08. The molecule has 2 amide bonds. The van der Waals surface area contributed by atoms with Crippen LogP contribution in [-0.4, -0.2) is 38.0 Å². The smallest absolute Gasteiger partial charge is 0.256 e. The van der Waals surface area contributed by atoms with E-state index in [1.54, 1.807) is 28.5 Å². The van der Waals surface area contributed by atoms with Crippen molar-refractivity contribution in [3.05, 3.63) is 70.3 Å². The first-order valence-electron chi connectivity index (χ1n) is 9.39. The van der Waals surface area contributed by atoms with Crippen LogP contribution in [0.5, 0.6) is 0 Å². The number of benzene rings is 1. The van der Waals surface area contributed by atoms with Crippen LogP contribution in [0, 0.1) is 0 Å². The molecule has 1 aliphatic heterocycles. The third-order valence-corrected chi connectivity index (χ3v) is 5.89. The van der Waals surface area contributed by atoms with Gasteiger partial charge in [-0.25, -0.2) is 0 Å². The molecular weight excluding hydrogens is 386 g/mol. The number of carbonyl (C=O) groups is 2. The van der Waals surface area contributed by atoms with Crippen LogP contribution in [-0.2, 0) is 24.3 Å². The molecule has 0 bridgehead atoms. The molecule has 29 heavy (non-hydrogen) atoms. The number of amides is 2. The lowest BCUT2D eigenvalue weighted by molar-refractivity contribution is -0.133. The van der Waals surface area contributed by atoms with Gasteiger partial charge in [-0.3, -0.25) is 14.3 Å². The van der Waals surface area contributed by atoms with Crippen molar-refractivity contribution in [1.82, 2.24) is 19.7 Å². The Hall–Kier alpha value is -3.39. The van der Waals surface area contributed by atoms with Gasteiger partial charge < -0.3 is 15.2 Å². The van der Waals surface area contributed by atoms with Crippen molar-refractivity contribution in [3.63, 3.8) is 0 Å². The summed E-state index contributed by atoms with van der Waals surface area (Å²) in [5.41, 5.74) is 4.72. The highest BCUT2D eigenvalue weighted by Crippen LogP contribution is 2.27. The number of anilines is 1. The van der Waals surface area contributed by atoms with E-state index in [2.05, 4.69) is 27.5 Å². The lowest BCUT2D eigenvalue weighted by atomic mass is 10.0. The topological polar surface area (TPSA) is 83.0 Å². The van der Waals surface area contributed by atoms with Crippen LogP contribution in [0.25, 0.3) is 10.9 Å². The van der Waals surface area contributed by atoms with Gasteiger partial charge in [0.15, 0.2) is 0 Å². The van der Waals surface area contributed by atoms with Gasteiger partial charge in [0, 0.05) is 34.7 Å². The fourth-order valence-corrected chi connectivity index (χ4v) is 4.39. The second-order valence-corrected chi connectivity index (χ2v) is 7.87. The maximum atomic E-state index is 12.8. The summed E-state index contributed by atoms with van der Waals surface area (Å²) in [6.07, 6.45) is 4.08. The number of rotatable bonds is 4. The minimum Gasteiger partial charge on any atom is -0.357 e. The second kappa shape index (κ2) is 7.21. The van der Waals surface area contributed by atoms with Crippen LogP contribution < -0.4 is 5.32 Å². The third kappa shape index (κ3) is 3.42. The van der Waals surface area contributed by atoms with Crippen molar-refractivity contribution in [3.8, 4) is 0 Å². The molecule has 0 unspecified atom stereocenters. The van der Waals surface area contributed by atoms with E-state index in [1.165, 1.54) is 22.3 Å². The summed E-state index contributed by atoms with van der Waals surface area (Å²) < 4.78 is 1.56. The first kappa shape index (κ1) is 17.7. The molecule has 2 N–H and O–H groups in total. The number of carbonyl (C=O) groups excluding carboxylic acids is 2. The molecule has 4 aromatic rings. The van der Waals surface area contributed by atoms with Gasteiger partial charge in [0.25, 0.3) is 5.91 Å². The molecule has 4 heterocycles. The molecule has 0 radical (unpaired) electrons. The Bertz CT molecular complexity index is 1190. The molecule has 146 valence electrons. The van der Waals surface area contributed by atoms with Crippen LogP contribution in [0.1, 0.15) is 21.6 Å². The van der Waals surface area contributed by atoms with Gasteiger partial charge in [-0.1, -0.05) is 18.2 Å². The van der Waals surface area contributed by atoms with Crippen molar-refractivity contribution >= 4 is 39.7 Å². The van der Waals surface area contributed by atoms with Crippen LogP contribution >= 0.6 is 11.3 Å². The molecule has 8 heteroatoms. The van der Waals surface area contributed by atoms with Crippen molar-refractivity contribution in [2.75, 3.05) is 11.9 Å². The standard InChI is InChI=1S/C21H19N5O2S/c27-20(12-26-10-15(9-22-26)23-21(28)14-6-8-29-13-14)25-7-5-17-16-3-1-2-4-18(16)24-19(17)11-25/h1-4,6,8-10,13,24H,5,7,11-12H2,(H,23,28). The first-order chi connectivity index (χ1) is 14.2. The zero-order chi connectivity index (χ0) is 19.8. The fourth-order valence-electron chi connectivity index (χ4n) is 3.76. The normalized spacial score (nSPS) is 13.4. The second-order valence-electron chi connectivity index (χ2n) is 7.09. The average Bonchev–Trinajstić information content (AvgIpc) is 3.47. The van der Waals surface area contributed by atoms with Crippen LogP contribution in [0.2, 0.25) is 0 Å². The lowest BCUT2D eigenvalue weighted by Gasteiger charge is -2.27. The Labute approximate surface area is 171 Å². The molecule has 0 saturated heterocycles. The molecule has 1 aromatic carbocycles. The summed E-state index contributed by atoms with van der Waals surface area (Å²) >= 11 is 1.47. The number of nitrogens with zero attached hydrogens (tertiary/aromatic N) is 3.